The van der Waals surface area contributed by atoms with E-state index < -0.39 is 9.84 Å². The van der Waals surface area contributed by atoms with Gasteiger partial charge in [-0.3, -0.25) is 0 Å². The van der Waals surface area contributed by atoms with Gasteiger partial charge in [-0.25, -0.2) is 8.42 Å². The zero-order valence-corrected chi connectivity index (χ0v) is 12.2. The SMILES string of the molecule is CCS(=O)(=O)c1ccc(NCC2(C3CC3)CC2)cc1. The molecule has 1 aromatic rings. The molecule has 2 aliphatic carbocycles. The molecule has 4 heteroatoms. The summed E-state index contributed by atoms with van der Waals surface area (Å²) >= 11 is 0. The normalized spacial score (nSPS) is 21.1. The Morgan fingerprint density at radius 2 is 1.84 bits per heavy atom. The Bertz CT molecular complexity index is 554. The maximum atomic E-state index is 11.7. The molecular weight excluding hydrogens is 258 g/mol. The summed E-state index contributed by atoms with van der Waals surface area (Å²) in [5.74, 6) is 1.10. The lowest BCUT2D eigenvalue weighted by atomic mass is 10.0. The number of sulfone groups is 1. The predicted molar refractivity (Wildman–Crippen MR) is 77.0 cm³/mol. The Kier molecular flexibility index (Phi) is 3.08. The van der Waals surface area contributed by atoms with Crippen LogP contribution in [0.1, 0.15) is 32.6 Å². The fourth-order valence-electron chi connectivity index (χ4n) is 2.81. The zero-order chi connectivity index (χ0) is 13.5. The van der Waals surface area contributed by atoms with Crippen LogP contribution in [0.25, 0.3) is 0 Å². The molecule has 0 unspecified atom stereocenters. The minimum absolute atomic E-state index is 0.157. The smallest absolute Gasteiger partial charge is 0.178 e. The van der Waals surface area contributed by atoms with Crippen molar-refractivity contribution in [2.45, 2.75) is 37.5 Å². The second kappa shape index (κ2) is 4.51. The molecule has 0 spiro atoms. The van der Waals surface area contributed by atoms with Crippen LogP contribution in [0.15, 0.2) is 29.2 Å². The topological polar surface area (TPSA) is 46.2 Å². The van der Waals surface area contributed by atoms with Crippen molar-refractivity contribution in [2.24, 2.45) is 11.3 Å². The van der Waals surface area contributed by atoms with E-state index in [0.717, 1.165) is 18.2 Å². The lowest BCUT2D eigenvalue weighted by Crippen LogP contribution is -2.17. The minimum Gasteiger partial charge on any atom is -0.384 e. The highest BCUT2D eigenvalue weighted by Crippen LogP contribution is 2.61. The minimum atomic E-state index is -3.08. The van der Waals surface area contributed by atoms with Crippen LogP contribution in [0.4, 0.5) is 5.69 Å². The van der Waals surface area contributed by atoms with E-state index >= 15 is 0 Å². The third-order valence-electron chi connectivity index (χ3n) is 4.57. The van der Waals surface area contributed by atoms with Crippen molar-refractivity contribution in [3.05, 3.63) is 24.3 Å². The average Bonchev–Trinajstić information content (AvgIpc) is 3.29. The molecule has 0 saturated heterocycles. The highest BCUT2D eigenvalue weighted by atomic mass is 32.2. The molecule has 1 aromatic carbocycles. The first kappa shape index (κ1) is 13.0. The monoisotopic (exact) mass is 279 g/mol. The van der Waals surface area contributed by atoms with Crippen LogP contribution in [-0.4, -0.2) is 20.7 Å². The highest BCUT2D eigenvalue weighted by molar-refractivity contribution is 7.91. The molecule has 2 aliphatic rings. The summed E-state index contributed by atoms with van der Waals surface area (Å²) in [6.07, 6.45) is 5.50. The van der Waals surface area contributed by atoms with E-state index in [1.54, 1.807) is 19.1 Å². The third kappa shape index (κ3) is 2.64. The number of hydrogen-bond acceptors (Lipinski definition) is 3. The van der Waals surface area contributed by atoms with E-state index in [1.165, 1.54) is 25.7 Å². The first-order chi connectivity index (χ1) is 9.06. The quantitative estimate of drug-likeness (QED) is 0.870. The van der Waals surface area contributed by atoms with Gasteiger partial charge in [-0.15, -0.1) is 0 Å². The van der Waals surface area contributed by atoms with E-state index in [0.29, 0.717) is 10.3 Å². The fraction of sp³-hybridized carbons (Fsp3) is 0.600. The van der Waals surface area contributed by atoms with Gasteiger partial charge in [-0.05, 0) is 61.3 Å². The van der Waals surface area contributed by atoms with Gasteiger partial charge in [-0.1, -0.05) is 6.92 Å². The number of nitrogens with one attached hydrogen (secondary N) is 1. The Balaban J connectivity index is 1.63. The molecular formula is C15H21NO2S. The third-order valence-corrected chi connectivity index (χ3v) is 6.32. The Hall–Kier alpha value is -1.03. The summed E-state index contributed by atoms with van der Waals surface area (Å²) in [4.78, 5) is 0.420. The fourth-order valence-corrected chi connectivity index (χ4v) is 3.69. The van der Waals surface area contributed by atoms with Crippen LogP contribution in [0.5, 0.6) is 0 Å². The Morgan fingerprint density at radius 3 is 2.32 bits per heavy atom. The second-order valence-electron chi connectivity index (χ2n) is 5.92. The van der Waals surface area contributed by atoms with Crippen molar-refractivity contribution in [3.63, 3.8) is 0 Å². The van der Waals surface area contributed by atoms with Gasteiger partial charge in [-0.2, -0.15) is 0 Å². The highest BCUT2D eigenvalue weighted by Gasteiger charge is 2.53. The first-order valence-corrected chi connectivity index (χ1v) is 8.78. The summed E-state index contributed by atoms with van der Waals surface area (Å²) in [5, 5.41) is 3.47. The number of hydrogen-bond donors (Lipinski definition) is 1. The molecule has 3 rings (SSSR count). The molecule has 1 N–H and O–H groups in total. The molecule has 2 saturated carbocycles. The predicted octanol–water partition coefficient (Wildman–Crippen LogP) is 3.08. The van der Waals surface area contributed by atoms with Crippen LogP contribution in [0.3, 0.4) is 0 Å². The molecule has 0 atom stereocenters. The molecule has 0 radical (unpaired) electrons. The molecule has 104 valence electrons. The van der Waals surface area contributed by atoms with Crippen LogP contribution < -0.4 is 5.32 Å². The molecule has 0 aliphatic heterocycles. The van der Waals surface area contributed by atoms with Crippen LogP contribution >= 0.6 is 0 Å². The number of benzene rings is 1. The molecule has 0 aromatic heterocycles. The maximum Gasteiger partial charge on any atom is 0.178 e. The lowest BCUT2D eigenvalue weighted by molar-refractivity contribution is 0.467. The zero-order valence-electron chi connectivity index (χ0n) is 11.4. The van der Waals surface area contributed by atoms with E-state index in [9.17, 15) is 8.42 Å². The van der Waals surface area contributed by atoms with E-state index in [4.69, 9.17) is 0 Å². The van der Waals surface area contributed by atoms with Crippen LogP contribution in [0.2, 0.25) is 0 Å². The van der Waals surface area contributed by atoms with Crippen molar-refractivity contribution in [2.75, 3.05) is 17.6 Å². The van der Waals surface area contributed by atoms with Crippen molar-refractivity contribution in [1.29, 1.82) is 0 Å². The molecule has 19 heavy (non-hydrogen) atoms. The molecule has 0 amide bonds. The Morgan fingerprint density at radius 1 is 1.21 bits per heavy atom. The van der Waals surface area contributed by atoms with Gasteiger partial charge in [0.1, 0.15) is 0 Å². The summed E-state index contributed by atoms with van der Waals surface area (Å²) in [6.45, 7) is 2.71. The summed E-state index contributed by atoms with van der Waals surface area (Å²) in [6, 6.07) is 7.17. The largest absolute Gasteiger partial charge is 0.384 e. The van der Waals surface area contributed by atoms with Gasteiger partial charge in [0, 0.05) is 12.2 Å². The summed E-state index contributed by atoms with van der Waals surface area (Å²) < 4.78 is 23.4. The van der Waals surface area contributed by atoms with Crippen molar-refractivity contribution in [3.8, 4) is 0 Å². The number of anilines is 1. The molecule has 2 fully saturated rings. The Labute approximate surface area is 115 Å². The van der Waals surface area contributed by atoms with Gasteiger partial charge in [0.15, 0.2) is 9.84 Å². The first-order valence-electron chi connectivity index (χ1n) is 7.12. The van der Waals surface area contributed by atoms with Gasteiger partial charge < -0.3 is 5.32 Å². The standard InChI is InChI=1S/C15H21NO2S/c1-2-19(17,18)14-7-5-13(6-8-14)16-11-15(9-10-15)12-3-4-12/h5-8,12,16H,2-4,9-11H2,1H3. The number of rotatable bonds is 6. The molecule has 0 bridgehead atoms. The van der Waals surface area contributed by atoms with Crippen molar-refractivity contribution in [1.82, 2.24) is 0 Å². The average molecular weight is 279 g/mol. The summed E-state index contributed by atoms with van der Waals surface area (Å²) in [5.41, 5.74) is 1.59. The van der Waals surface area contributed by atoms with Crippen LogP contribution in [-0.2, 0) is 9.84 Å². The van der Waals surface area contributed by atoms with Gasteiger partial charge in [0.2, 0.25) is 0 Å². The van der Waals surface area contributed by atoms with E-state index in [2.05, 4.69) is 5.32 Å². The summed E-state index contributed by atoms with van der Waals surface area (Å²) in [7, 11) is -3.08. The molecule has 3 nitrogen and oxygen atoms in total. The molecule has 0 heterocycles. The van der Waals surface area contributed by atoms with Crippen molar-refractivity contribution < 1.29 is 8.42 Å². The van der Waals surface area contributed by atoms with Crippen LogP contribution in [0, 0.1) is 11.3 Å². The van der Waals surface area contributed by atoms with E-state index in [-0.39, 0.29) is 5.75 Å². The van der Waals surface area contributed by atoms with Gasteiger partial charge in [0.25, 0.3) is 0 Å². The van der Waals surface area contributed by atoms with Gasteiger partial charge in [0.05, 0.1) is 10.6 Å². The van der Waals surface area contributed by atoms with E-state index in [1.807, 2.05) is 12.1 Å². The maximum absolute atomic E-state index is 11.7. The van der Waals surface area contributed by atoms with Gasteiger partial charge >= 0.3 is 0 Å². The lowest BCUT2D eigenvalue weighted by Gasteiger charge is -2.16. The second-order valence-corrected chi connectivity index (χ2v) is 8.20. The van der Waals surface area contributed by atoms with Crippen molar-refractivity contribution >= 4 is 15.5 Å².